The molecule has 0 bridgehead atoms. The van der Waals surface area contributed by atoms with Crippen LogP contribution < -0.4 is 10.2 Å². The maximum absolute atomic E-state index is 12.2. The Hall–Kier alpha value is -1.81. The van der Waals surface area contributed by atoms with Crippen LogP contribution in [0.4, 0.5) is 0 Å². The van der Waals surface area contributed by atoms with Gasteiger partial charge in [0.1, 0.15) is 22.6 Å². The highest BCUT2D eigenvalue weighted by Crippen LogP contribution is 2.30. The summed E-state index contributed by atoms with van der Waals surface area (Å²) in [5.74, 6) is 0.216. The molecule has 1 fully saturated rings. The fourth-order valence-electron chi connectivity index (χ4n) is 2.94. The Morgan fingerprint density at radius 3 is 2.73 bits per heavy atom. The molecular weight excluding hydrogens is 304 g/mol. The first-order valence-electron chi connectivity index (χ1n) is 7.50. The van der Waals surface area contributed by atoms with Crippen LogP contribution in [-0.2, 0) is 4.79 Å². The van der Waals surface area contributed by atoms with Crippen LogP contribution >= 0.6 is 11.6 Å². The lowest BCUT2D eigenvalue weighted by molar-refractivity contribution is -0.140. The summed E-state index contributed by atoms with van der Waals surface area (Å²) in [5.41, 5.74) is 0.759. The third-order valence-electron chi connectivity index (χ3n) is 4.25. The zero-order valence-corrected chi connectivity index (χ0v) is 13.1. The number of halogens is 1. The van der Waals surface area contributed by atoms with Crippen LogP contribution in [0.15, 0.2) is 27.6 Å². The lowest BCUT2D eigenvalue weighted by atomic mass is 9.89. The Kier molecular flexibility index (Phi) is 4.21. The molecule has 0 saturated heterocycles. The predicted octanol–water partition coefficient (Wildman–Crippen LogP) is 4.24. The molecule has 1 aliphatic carbocycles. The maximum Gasteiger partial charge on any atom is 0.314 e. The average Bonchev–Trinajstić information content (AvgIpc) is 2.54. The molecule has 0 atom stereocenters. The van der Waals surface area contributed by atoms with Crippen LogP contribution in [0.1, 0.15) is 37.7 Å². The second-order valence-electron chi connectivity index (χ2n) is 5.73. The largest absolute Gasteiger partial charge is 0.462 e. The fraction of sp³-hybridized carbons (Fsp3) is 0.412. The molecule has 3 rings (SSSR count). The first kappa shape index (κ1) is 15.1. The van der Waals surface area contributed by atoms with Crippen LogP contribution in [0, 0.1) is 12.8 Å². The van der Waals surface area contributed by atoms with Crippen molar-refractivity contribution in [1.29, 1.82) is 0 Å². The van der Waals surface area contributed by atoms with E-state index in [-0.39, 0.29) is 22.3 Å². The van der Waals surface area contributed by atoms with Crippen molar-refractivity contribution in [3.05, 3.63) is 39.2 Å². The minimum atomic E-state index is -0.281. The number of benzene rings is 1. The van der Waals surface area contributed by atoms with Gasteiger partial charge < -0.3 is 9.15 Å². The molecule has 116 valence electrons. The van der Waals surface area contributed by atoms with E-state index in [9.17, 15) is 9.59 Å². The Balaban J connectivity index is 1.91. The van der Waals surface area contributed by atoms with E-state index in [0.29, 0.717) is 22.3 Å². The van der Waals surface area contributed by atoms with E-state index in [1.54, 1.807) is 19.1 Å². The van der Waals surface area contributed by atoms with Crippen molar-refractivity contribution in [1.82, 2.24) is 0 Å². The molecule has 22 heavy (non-hydrogen) atoms. The van der Waals surface area contributed by atoms with E-state index in [2.05, 4.69) is 0 Å². The van der Waals surface area contributed by atoms with Gasteiger partial charge in [0.2, 0.25) is 5.43 Å². The second kappa shape index (κ2) is 6.13. The van der Waals surface area contributed by atoms with Gasteiger partial charge in [-0.2, -0.15) is 0 Å². The van der Waals surface area contributed by atoms with Crippen molar-refractivity contribution in [2.45, 2.75) is 39.0 Å². The molecule has 0 N–H and O–H groups in total. The summed E-state index contributed by atoms with van der Waals surface area (Å²) in [6, 6.07) is 3.22. The molecule has 0 unspecified atom stereocenters. The lowest BCUT2D eigenvalue weighted by Crippen LogP contribution is -2.23. The monoisotopic (exact) mass is 320 g/mol. The van der Waals surface area contributed by atoms with Crippen molar-refractivity contribution >= 4 is 28.5 Å². The first-order chi connectivity index (χ1) is 10.6. The number of aryl methyl sites for hydroxylation is 1. The van der Waals surface area contributed by atoms with Crippen LogP contribution in [0.25, 0.3) is 11.0 Å². The van der Waals surface area contributed by atoms with E-state index in [0.717, 1.165) is 25.7 Å². The Morgan fingerprint density at radius 2 is 2.00 bits per heavy atom. The SMILES string of the molecule is Cc1c(OC(=O)C2CCCCC2)ccc2c(=O)c(Cl)coc12. The minimum absolute atomic E-state index is 0.0268. The molecule has 2 aromatic rings. The van der Waals surface area contributed by atoms with Gasteiger partial charge in [0.05, 0.1) is 11.3 Å². The molecule has 0 radical (unpaired) electrons. The van der Waals surface area contributed by atoms with E-state index >= 15 is 0 Å². The number of hydrogen-bond donors (Lipinski definition) is 0. The molecule has 0 aliphatic heterocycles. The molecule has 4 nitrogen and oxygen atoms in total. The van der Waals surface area contributed by atoms with Gasteiger partial charge in [-0.05, 0) is 31.9 Å². The third kappa shape index (κ3) is 2.75. The standard InChI is InChI=1S/C17H17ClO4/c1-10-14(22-17(20)11-5-3-2-4-6-11)8-7-12-15(19)13(18)9-21-16(10)12/h7-9,11H,2-6H2,1H3. The normalized spacial score (nSPS) is 15.9. The minimum Gasteiger partial charge on any atom is -0.462 e. The van der Waals surface area contributed by atoms with Crippen molar-refractivity contribution in [3.8, 4) is 5.75 Å². The van der Waals surface area contributed by atoms with Crippen molar-refractivity contribution in [2.75, 3.05) is 0 Å². The number of rotatable bonds is 2. The maximum atomic E-state index is 12.2. The van der Waals surface area contributed by atoms with Gasteiger partial charge in [0.15, 0.2) is 0 Å². The van der Waals surface area contributed by atoms with Crippen LogP contribution in [0.2, 0.25) is 5.02 Å². The number of carbonyl (C=O) groups is 1. The summed E-state index contributed by atoms with van der Waals surface area (Å²) in [5, 5.41) is 0.432. The number of carbonyl (C=O) groups excluding carboxylic acids is 1. The van der Waals surface area contributed by atoms with Crippen molar-refractivity contribution < 1.29 is 13.9 Å². The highest BCUT2D eigenvalue weighted by Gasteiger charge is 2.24. The summed E-state index contributed by atoms with van der Waals surface area (Å²) in [6.45, 7) is 1.77. The number of hydrogen-bond acceptors (Lipinski definition) is 4. The predicted molar refractivity (Wildman–Crippen MR) is 84.4 cm³/mol. The molecule has 1 aromatic heterocycles. The molecule has 1 heterocycles. The molecule has 5 heteroatoms. The summed E-state index contributed by atoms with van der Waals surface area (Å²) in [6.07, 6.45) is 6.32. The summed E-state index contributed by atoms with van der Waals surface area (Å²) < 4.78 is 10.9. The molecule has 1 saturated carbocycles. The zero-order valence-electron chi connectivity index (χ0n) is 12.4. The van der Waals surface area contributed by atoms with Gasteiger partial charge in [0, 0.05) is 5.56 Å². The van der Waals surface area contributed by atoms with Gasteiger partial charge in [-0.25, -0.2) is 0 Å². The number of ether oxygens (including phenoxy) is 1. The summed E-state index contributed by atoms with van der Waals surface area (Å²) in [4.78, 5) is 24.2. The quantitative estimate of drug-likeness (QED) is 0.613. The van der Waals surface area contributed by atoms with Crippen LogP contribution in [0.5, 0.6) is 5.75 Å². The summed E-state index contributed by atoms with van der Waals surface area (Å²) in [7, 11) is 0. The van der Waals surface area contributed by atoms with Gasteiger partial charge in [0.25, 0.3) is 0 Å². The van der Waals surface area contributed by atoms with Crippen molar-refractivity contribution in [2.24, 2.45) is 5.92 Å². The smallest absolute Gasteiger partial charge is 0.314 e. The molecule has 0 spiro atoms. The Morgan fingerprint density at radius 1 is 1.27 bits per heavy atom. The lowest BCUT2D eigenvalue weighted by Gasteiger charge is -2.20. The third-order valence-corrected chi connectivity index (χ3v) is 4.51. The molecule has 1 aromatic carbocycles. The van der Waals surface area contributed by atoms with Crippen LogP contribution in [0.3, 0.4) is 0 Å². The number of fused-ring (bicyclic) bond motifs is 1. The highest BCUT2D eigenvalue weighted by molar-refractivity contribution is 6.30. The Bertz CT molecular complexity index is 772. The highest BCUT2D eigenvalue weighted by atomic mass is 35.5. The number of esters is 1. The molecule has 1 aliphatic rings. The average molecular weight is 321 g/mol. The van der Waals surface area contributed by atoms with Gasteiger partial charge in [-0.1, -0.05) is 30.9 Å². The van der Waals surface area contributed by atoms with E-state index < -0.39 is 0 Å². The summed E-state index contributed by atoms with van der Waals surface area (Å²) >= 11 is 5.77. The van der Waals surface area contributed by atoms with Gasteiger partial charge in [-0.15, -0.1) is 0 Å². The van der Waals surface area contributed by atoms with E-state index in [4.69, 9.17) is 20.8 Å². The van der Waals surface area contributed by atoms with Gasteiger partial charge in [-0.3, -0.25) is 9.59 Å². The first-order valence-corrected chi connectivity index (χ1v) is 7.88. The molecular formula is C17H17ClO4. The Labute approximate surface area is 133 Å². The molecule has 0 amide bonds. The van der Waals surface area contributed by atoms with E-state index in [1.807, 2.05) is 0 Å². The topological polar surface area (TPSA) is 56.5 Å². The van der Waals surface area contributed by atoms with Crippen LogP contribution in [-0.4, -0.2) is 5.97 Å². The fourth-order valence-corrected chi connectivity index (χ4v) is 3.08. The zero-order chi connectivity index (χ0) is 15.7. The van der Waals surface area contributed by atoms with Gasteiger partial charge >= 0.3 is 5.97 Å². The van der Waals surface area contributed by atoms with Crippen molar-refractivity contribution in [3.63, 3.8) is 0 Å². The van der Waals surface area contributed by atoms with E-state index in [1.165, 1.54) is 12.7 Å². The second-order valence-corrected chi connectivity index (χ2v) is 6.14.